The summed E-state index contributed by atoms with van der Waals surface area (Å²) in [7, 11) is 0. The topological polar surface area (TPSA) is 79.2 Å². The molecule has 0 spiro atoms. The Balaban J connectivity index is 1.87. The largest absolute Gasteiger partial charge is 0.448 e. The Kier molecular flexibility index (Phi) is 7.33. The molecule has 138 valence electrons. The molecule has 2 rings (SSSR count). The first kappa shape index (κ1) is 19.9. The van der Waals surface area contributed by atoms with Crippen LogP contribution in [-0.4, -0.2) is 24.5 Å². The summed E-state index contributed by atoms with van der Waals surface area (Å²) < 4.78 is 5.12. The lowest BCUT2D eigenvalue weighted by molar-refractivity contribution is -0.150. The smallest absolute Gasteiger partial charge is 0.349 e. The highest BCUT2D eigenvalue weighted by atomic mass is 16.5. The van der Waals surface area contributed by atoms with Crippen molar-refractivity contribution in [2.24, 2.45) is 0 Å². The predicted octanol–water partition coefficient (Wildman–Crippen LogP) is 3.19. The van der Waals surface area contributed by atoms with E-state index in [1.807, 2.05) is 55.5 Å². The van der Waals surface area contributed by atoms with Crippen LogP contribution in [0.4, 0.5) is 0 Å². The highest BCUT2D eigenvalue weighted by Crippen LogP contribution is 2.10. The number of nitrogens with one attached hydrogen (secondary N) is 1. The fraction of sp³-hybridized carbons (Fsp3) is 0.227. The second kappa shape index (κ2) is 9.93. The first-order chi connectivity index (χ1) is 13.0. The molecule has 27 heavy (non-hydrogen) atoms. The summed E-state index contributed by atoms with van der Waals surface area (Å²) in [5.41, 5.74) is 2.75. The van der Waals surface area contributed by atoms with Gasteiger partial charge in [0.05, 0.1) is 0 Å². The number of nitriles is 1. The molecule has 0 saturated heterocycles. The molecular weight excluding hydrogens is 340 g/mol. The molecule has 5 heteroatoms. The molecule has 0 aromatic heterocycles. The zero-order chi connectivity index (χ0) is 19.6. The Morgan fingerprint density at radius 2 is 1.81 bits per heavy atom. The summed E-state index contributed by atoms with van der Waals surface area (Å²) >= 11 is 0. The number of hydrogen-bond acceptors (Lipinski definition) is 4. The molecule has 0 saturated carbocycles. The molecule has 0 unspecified atom stereocenters. The standard InChI is InChI=1S/C22H22N2O3/c1-16-8-10-19(11-9-16)14-20(15-23)22(26)27-17(2)21(25)24-13-12-18-6-4-3-5-7-18/h3-11,14,17H,12-13H2,1-2H3,(H,24,25)/b20-14+/t17-/m0/s1. The van der Waals surface area contributed by atoms with Crippen LogP contribution in [0.2, 0.25) is 0 Å². The summed E-state index contributed by atoms with van der Waals surface area (Å²) in [4.78, 5) is 24.2. The SMILES string of the molecule is Cc1ccc(/C=C(\C#N)C(=O)O[C@@H](C)C(=O)NCCc2ccccc2)cc1. The number of nitrogens with zero attached hydrogens (tertiary/aromatic N) is 1. The zero-order valence-corrected chi connectivity index (χ0v) is 15.4. The quantitative estimate of drug-likeness (QED) is 0.466. The van der Waals surface area contributed by atoms with Gasteiger partial charge in [0.1, 0.15) is 11.6 Å². The molecule has 2 aromatic rings. The van der Waals surface area contributed by atoms with Gasteiger partial charge in [-0.05, 0) is 37.5 Å². The minimum Gasteiger partial charge on any atom is -0.448 e. The highest BCUT2D eigenvalue weighted by Gasteiger charge is 2.20. The molecule has 0 bridgehead atoms. The van der Waals surface area contributed by atoms with Gasteiger partial charge in [0, 0.05) is 6.54 Å². The van der Waals surface area contributed by atoms with Crippen LogP contribution in [0.15, 0.2) is 60.2 Å². The maximum absolute atomic E-state index is 12.2. The molecular formula is C22H22N2O3. The third-order valence-electron chi connectivity index (χ3n) is 3.94. The highest BCUT2D eigenvalue weighted by molar-refractivity contribution is 5.99. The molecule has 2 aromatic carbocycles. The number of carbonyl (C=O) groups is 2. The van der Waals surface area contributed by atoms with Crippen LogP contribution in [0.1, 0.15) is 23.6 Å². The maximum Gasteiger partial charge on any atom is 0.349 e. The number of amides is 1. The van der Waals surface area contributed by atoms with Gasteiger partial charge in [-0.25, -0.2) is 4.79 Å². The number of esters is 1. The third kappa shape index (κ3) is 6.44. The van der Waals surface area contributed by atoms with Crippen molar-refractivity contribution in [1.82, 2.24) is 5.32 Å². The molecule has 0 radical (unpaired) electrons. The van der Waals surface area contributed by atoms with Gasteiger partial charge in [0.15, 0.2) is 6.10 Å². The second-order valence-corrected chi connectivity index (χ2v) is 6.15. The monoisotopic (exact) mass is 362 g/mol. The normalized spacial score (nSPS) is 12.0. The van der Waals surface area contributed by atoms with Crippen molar-refractivity contribution in [2.75, 3.05) is 6.54 Å². The van der Waals surface area contributed by atoms with Crippen LogP contribution < -0.4 is 5.32 Å². The molecule has 0 aliphatic heterocycles. The van der Waals surface area contributed by atoms with Crippen LogP contribution in [0.25, 0.3) is 6.08 Å². The number of benzene rings is 2. The number of hydrogen-bond donors (Lipinski definition) is 1. The van der Waals surface area contributed by atoms with Crippen molar-refractivity contribution in [3.63, 3.8) is 0 Å². The minimum absolute atomic E-state index is 0.150. The van der Waals surface area contributed by atoms with Crippen LogP contribution in [0.5, 0.6) is 0 Å². The molecule has 5 nitrogen and oxygen atoms in total. The lowest BCUT2D eigenvalue weighted by Gasteiger charge is -2.13. The zero-order valence-electron chi connectivity index (χ0n) is 15.4. The van der Waals surface area contributed by atoms with Gasteiger partial charge in [-0.15, -0.1) is 0 Å². The van der Waals surface area contributed by atoms with E-state index in [-0.39, 0.29) is 5.57 Å². The molecule has 1 N–H and O–H groups in total. The number of rotatable bonds is 7. The average Bonchev–Trinajstić information content (AvgIpc) is 2.68. The van der Waals surface area contributed by atoms with Gasteiger partial charge in [-0.2, -0.15) is 5.26 Å². The molecule has 0 fully saturated rings. The van der Waals surface area contributed by atoms with Gasteiger partial charge >= 0.3 is 5.97 Å². The van der Waals surface area contributed by atoms with Crippen molar-refractivity contribution >= 4 is 18.0 Å². The van der Waals surface area contributed by atoms with Crippen molar-refractivity contribution in [1.29, 1.82) is 5.26 Å². The lowest BCUT2D eigenvalue weighted by atomic mass is 10.1. The predicted molar refractivity (Wildman–Crippen MR) is 103 cm³/mol. The van der Waals surface area contributed by atoms with Crippen LogP contribution in [0, 0.1) is 18.3 Å². The maximum atomic E-state index is 12.2. The first-order valence-electron chi connectivity index (χ1n) is 8.70. The summed E-state index contributed by atoms with van der Waals surface area (Å²) in [6.07, 6.45) is 1.15. The fourth-order valence-corrected chi connectivity index (χ4v) is 2.36. The number of ether oxygens (including phenoxy) is 1. The van der Waals surface area contributed by atoms with E-state index < -0.39 is 18.0 Å². The summed E-state index contributed by atoms with van der Waals surface area (Å²) in [6.45, 7) is 3.87. The average molecular weight is 362 g/mol. The second-order valence-electron chi connectivity index (χ2n) is 6.15. The lowest BCUT2D eigenvalue weighted by Crippen LogP contribution is -2.37. The van der Waals surface area contributed by atoms with Crippen LogP contribution in [0.3, 0.4) is 0 Å². The van der Waals surface area contributed by atoms with Crippen LogP contribution in [-0.2, 0) is 20.7 Å². The Morgan fingerprint density at radius 1 is 1.15 bits per heavy atom. The Morgan fingerprint density at radius 3 is 2.44 bits per heavy atom. The summed E-state index contributed by atoms with van der Waals surface area (Å²) in [5.74, 6) is -1.21. The van der Waals surface area contributed by atoms with E-state index in [0.29, 0.717) is 18.5 Å². The number of carbonyl (C=O) groups excluding carboxylic acids is 2. The van der Waals surface area contributed by atoms with E-state index in [1.165, 1.54) is 13.0 Å². The Hall–Kier alpha value is -3.39. The van der Waals surface area contributed by atoms with Gasteiger partial charge < -0.3 is 10.1 Å². The number of aryl methyl sites for hydroxylation is 1. The van der Waals surface area contributed by atoms with E-state index >= 15 is 0 Å². The third-order valence-corrected chi connectivity index (χ3v) is 3.94. The van der Waals surface area contributed by atoms with Gasteiger partial charge in [0.25, 0.3) is 5.91 Å². The Bertz CT molecular complexity index is 849. The van der Waals surface area contributed by atoms with E-state index in [1.54, 1.807) is 12.1 Å². The van der Waals surface area contributed by atoms with Crippen LogP contribution >= 0.6 is 0 Å². The van der Waals surface area contributed by atoms with E-state index in [9.17, 15) is 14.9 Å². The Labute approximate surface area is 159 Å². The summed E-state index contributed by atoms with van der Waals surface area (Å²) in [5, 5.41) is 11.9. The molecule has 0 aliphatic carbocycles. The van der Waals surface area contributed by atoms with E-state index in [0.717, 1.165) is 11.1 Å². The molecule has 0 aliphatic rings. The van der Waals surface area contributed by atoms with Gasteiger partial charge in [-0.1, -0.05) is 60.2 Å². The molecule has 1 amide bonds. The summed E-state index contributed by atoms with van der Waals surface area (Å²) in [6, 6.07) is 19.0. The fourth-order valence-electron chi connectivity index (χ4n) is 2.36. The molecule has 1 atom stereocenters. The van der Waals surface area contributed by atoms with Crippen molar-refractivity contribution in [2.45, 2.75) is 26.4 Å². The van der Waals surface area contributed by atoms with Gasteiger partial charge in [-0.3, -0.25) is 4.79 Å². The van der Waals surface area contributed by atoms with Crippen molar-refractivity contribution < 1.29 is 14.3 Å². The van der Waals surface area contributed by atoms with Crippen molar-refractivity contribution in [3.05, 3.63) is 76.9 Å². The minimum atomic E-state index is -0.983. The van der Waals surface area contributed by atoms with E-state index in [2.05, 4.69) is 5.32 Å². The molecule has 0 heterocycles. The first-order valence-corrected chi connectivity index (χ1v) is 8.70. The van der Waals surface area contributed by atoms with Gasteiger partial charge in [0.2, 0.25) is 0 Å². The van der Waals surface area contributed by atoms with Crippen molar-refractivity contribution in [3.8, 4) is 6.07 Å². The van der Waals surface area contributed by atoms with E-state index in [4.69, 9.17) is 4.74 Å².